The lowest BCUT2D eigenvalue weighted by molar-refractivity contribution is 0.0468. The van der Waals surface area contributed by atoms with Crippen molar-refractivity contribution in [1.82, 2.24) is 15.3 Å². The van der Waals surface area contributed by atoms with E-state index in [1.165, 1.54) is 0 Å². The molecule has 5 nitrogen and oxygen atoms in total. The second-order valence-corrected chi connectivity index (χ2v) is 5.22. The Hall–Kier alpha value is -1.52. The van der Waals surface area contributed by atoms with E-state index >= 15 is 0 Å². The summed E-state index contributed by atoms with van der Waals surface area (Å²) in [5.74, 6) is 0. The molecule has 0 bridgehead atoms. The largest absolute Gasteiger partial charge is 0.444 e. The standard InChI is InChI=1S/C11H19N3O2/c1-10(2,3)16-9(15)14-11(4,5)8-6-12-7-13-8/h6-7H,1-5H3,(H,12,13)(H,14,15). The highest BCUT2D eigenvalue weighted by molar-refractivity contribution is 5.68. The van der Waals surface area contributed by atoms with Crippen molar-refractivity contribution in [3.63, 3.8) is 0 Å². The number of hydrogen-bond donors (Lipinski definition) is 2. The van der Waals surface area contributed by atoms with E-state index in [0.29, 0.717) is 0 Å². The third-order valence-corrected chi connectivity index (χ3v) is 1.99. The highest BCUT2D eigenvalue weighted by Gasteiger charge is 2.27. The molecule has 0 radical (unpaired) electrons. The fourth-order valence-corrected chi connectivity index (χ4v) is 1.22. The molecule has 0 spiro atoms. The van der Waals surface area contributed by atoms with Crippen LogP contribution in [0.1, 0.15) is 40.3 Å². The molecule has 90 valence electrons. The van der Waals surface area contributed by atoms with Crippen molar-refractivity contribution in [2.24, 2.45) is 0 Å². The van der Waals surface area contributed by atoms with Crippen molar-refractivity contribution in [2.75, 3.05) is 0 Å². The summed E-state index contributed by atoms with van der Waals surface area (Å²) in [6.07, 6.45) is 2.82. The minimum atomic E-state index is -0.529. The van der Waals surface area contributed by atoms with Crippen molar-refractivity contribution in [1.29, 1.82) is 0 Å². The molecule has 0 saturated carbocycles. The Morgan fingerprint density at radius 1 is 1.38 bits per heavy atom. The molecule has 0 saturated heterocycles. The van der Waals surface area contributed by atoms with E-state index in [1.54, 1.807) is 12.5 Å². The molecule has 0 atom stereocenters. The topological polar surface area (TPSA) is 67.0 Å². The van der Waals surface area contributed by atoms with Crippen molar-refractivity contribution in [3.8, 4) is 0 Å². The van der Waals surface area contributed by atoms with Crippen LogP contribution in [0.25, 0.3) is 0 Å². The van der Waals surface area contributed by atoms with E-state index in [2.05, 4.69) is 15.3 Å². The summed E-state index contributed by atoms with van der Waals surface area (Å²) in [5, 5.41) is 2.78. The van der Waals surface area contributed by atoms with Gasteiger partial charge in [0.1, 0.15) is 5.60 Å². The summed E-state index contributed by atoms with van der Waals surface area (Å²) in [7, 11) is 0. The smallest absolute Gasteiger partial charge is 0.408 e. The zero-order valence-electron chi connectivity index (χ0n) is 10.4. The number of nitrogens with one attached hydrogen (secondary N) is 2. The fraction of sp³-hybridized carbons (Fsp3) is 0.636. The van der Waals surface area contributed by atoms with Crippen LogP contribution in [0.3, 0.4) is 0 Å². The highest BCUT2D eigenvalue weighted by atomic mass is 16.6. The number of imidazole rings is 1. The normalized spacial score (nSPS) is 12.3. The zero-order chi connectivity index (χ0) is 12.4. The van der Waals surface area contributed by atoms with Gasteiger partial charge in [-0.1, -0.05) is 0 Å². The first-order valence-electron chi connectivity index (χ1n) is 5.21. The summed E-state index contributed by atoms with van der Waals surface area (Å²) in [4.78, 5) is 18.5. The molecular formula is C11H19N3O2. The molecule has 5 heteroatoms. The zero-order valence-corrected chi connectivity index (χ0v) is 10.4. The average Bonchev–Trinajstić information content (AvgIpc) is 2.49. The maximum absolute atomic E-state index is 11.6. The number of carbonyl (C=O) groups is 1. The third-order valence-electron chi connectivity index (χ3n) is 1.99. The van der Waals surface area contributed by atoms with Gasteiger partial charge < -0.3 is 15.0 Å². The van der Waals surface area contributed by atoms with Gasteiger partial charge in [0.05, 0.1) is 23.8 Å². The Labute approximate surface area is 95.6 Å². The van der Waals surface area contributed by atoms with Crippen molar-refractivity contribution in [3.05, 3.63) is 18.2 Å². The van der Waals surface area contributed by atoms with E-state index in [-0.39, 0.29) is 0 Å². The maximum Gasteiger partial charge on any atom is 0.408 e. The predicted octanol–water partition coefficient (Wildman–Crippen LogP) is 2.17. The van der Waals surface area contributed by atoms with Crippen LogP contribution in [0, 0.1) is 0 Å². The van der Waals surface area contributed by atoms with Gasteiger partial charge in [-0.25, -0.2) is 9.78 Å². The average molecular weight is 225 g/mol. The number of aromatic amines is 1. The van der Waals surface area contributed by atoms with E-state index in [1.807, 2.05) is 34.6 Å². The Morgan fingerprint density at radius 3 is 2.44 bits per heavy atom. The number of aromatic nitrogens is 2. The van der Waals surface area contributed by atoms with Crippen LogP contribution in [-0.2, 0) is 10.3 Å². The SMILES string of the molecule is CC(C)(C)OC(=O)NC(C)(C)c1cnc[nH]1. The number of hydrogen-bond acceptors (Lipinski definition) is 3. The van der Waals surface area contributed by atoms with Gasteiger partial charge in [-0.3, -0.25) is 0 Å². The van der Waals surface area contributed by atoms with Crippen LogP contribution in [0.15, 0.2) is 12.5 Å². The molecule has 0 aromatic carbocycles. The molecule has 16 heavy (non-hydrogen) atoms. The third kappa shape index (κ3) is 3.56. The van der Waals surface area contributed by atoms with Gasteiger partial charge in [-0.15, -0.1) is 0 Å². The fourth-order valence-electron chi connectivity index (χ4n) is 1.22. The van der Waals surface area contributed by atoms with Gasteiger partial charge in [0, 0.05) is 0 Å². The summed E-state index contributed by atoms with van der Waals surface area (Å²) in [6.45, 7) is 9.25. The van der Waals surface area contributed by atoms with Gasteiger partial charge in [-0.2, -0.15) is 0 Å². The first-order chi connectivity index (χ1) is 7.21. The summed E-state index contributed by atoms with van der Waals surface area (Å²) in [6, 6.07) is 0. The molecule has 0 aliphatic carbocycles. The van der Waals surface area contributed by atoms with Crippen molar-refractivity contribution < 1.29 is 9.53 Å². The monoisotopic (exact) mass is 225 g/mol. The first kappa shape index (κ1) is 12.5. The maximum atomic E-state index is 11.6. The Kier molecular flexibility index (Phi) is 3.26. The van der Waals surface area contributed by atoms with Crippen LogP contribution < -0.4 is 5.32 Å². The molecule has 1 heterocycles. The van der Waals surface area contributed by atoms with Crippen LogP contribution in [0.5, 0.6) is 0 Å². The minimum absolute atomic E-state index is 0.438. The first-order valence-corrected chi connectivity index (χ1v) is 5.21. The Balaban J connectivity index is 2.64. The Morgan fingerprint density at radius 2 is 2.00 bits per heavy atom. The van der Waals surface area contributed by atoms with Gasteiger partial charge in [0.15, 0.2) is 0 Å². The second-order valence-electron chi connectivity index (χ2n) is 5.22. The van der Waals surface area contributed by atoms with Gasteiger partial charge >= 0.3 is 6.09 Å². The number of rotatable bonds is 2. The van der Waals surface area contributed by atoms with Crippen molar-refractivity contribution >= 4 is 6.09 Å². The Bertz CT molecular complexity index is 350. The van der Waals surface area contributed by atoms with Crippen LogP contribution in [-0.4, -0.2) is 21.7 Å². The lowest BCUT2D eigenvalue weighted by atomic mass is 10.0. The summed E-state index contributed by atoms with van der Waals surface area (Å²) < 4.78 is 5.19. The summed E-state index contributed by atoms with van der Waals surface area (Å²) in [5.41, 5.74) is -0.189. The number of H-pyrrole nitrogens is 1. The highest BCUT2D eigenvalue weighted by Crippen LogP contribution is 2.17. The molecule has 1 amide bonds. The molecular weight excluding hydrogens is 206 g/mol. The molecule has 1 aromatic heterocycles. The number of carbonyl (C=O) groups excluding carboxylic acids is 1. The molecule has 1 rings (SSSR count). The van der Waals surface area contributed by atoms with Gasteiger partial charge in [0.2, 0.25) is 0 Å². The van der Waals surface area contributed by atoms with E-state index in [9.17, 15) is 4.79 Å². The molecule has 0 unspecified atom stereocenters. The quantitative estimate of drug-likeness (QED) is 0.810. The predicted molar refractivity (Wildman–Crippen MR) is 61.0 cm³/mol. The molecule has 1 aromatic rings. The van der Waals surface area contributed by atoms with Gasteiger partial charge in [0.25, 0.3) is 0 Å². The van der Waals surface area contributed by atoms with E-state index < -0.39 is 17.2 Å². The van der Waals surface area contributed by atoms with Crippen LogP contribution in [0.2, 0.25) is 0 Å². The van der Waals surface area contributed by atoms with E-state index in [4.69, 9.17) is 4.74 Å². The minimum Gasteiger partial charge on any atom is -0.444 e. The van der Waals surface area contributed by atoms with E-state index in [0.717, 1.165) is 5.69 Å². The lowest BCUT2D eigenvalue weighted by Crippen LogP contribution is -2.44. The lowest BCUT2D eigenvalue weighted by Gasteiger charge is -2.27. The molecule has 0 fully saturated rings. The second kappa shape index (κ2) is 4.15. The van der Waals surface area contributed by atoms with Gasteiger partial charge in [-0.05, 0) is 34.6 Å². The van der Waals surface area contributed by atoms with Crippen LogP contribution in [0.4, 0.5) is 4.79 Å². The van der Waals surface area contributed by atoms with Crippen LogP contribution >= 0.6 is 0 Å². The number of alkyl carbamates (subject to hydrolysis) is 1. The molecule has 2 N–H and O–H groups in total. The molecule has 0 aliphatic heterocycles. The number of amides is 1. The number of nitrogens with zero attached hydrogens (tertiary/aromatic N) is 1. The number of ether oxygens (including phenoxy) is 1. The van der Waals surface area contributed by atoms with Crippen molar-refractivity contribution in [2.45, 2.75) is 45.8 Å². The summed E-state index contributed by atoms with van der Waals surface area (Å²) >= 11 is 0. The molecule has 0 aliphatic rings.